The average Bonchev–Trinajstić information content (AvgIpc) is 2.13. The van der Waals surface area contributed by atoms with E-state index in [9.17, 15) is 0 Å². The van der Waals surface area contributed by atoms with Gasteiger partial charge in [0, 0.05) is 83.9 Å². The topological polar surface area (TPSA) is 28.8 Å². The summed E-state index contributed by atoms with van der Waals surface area (Å²) in [5.41, 5.74) is 23.2. The first kappa shape index (κ1) is 45.3. The highest BCUT2D eigenvalue weighted by Crippen LogP contribution is 2.51. The fourth-order valence-electron chi connectivity index (χ4n) is 14.8. The Hall–Kier alpha value is -10.5. The lowest BCUT2D eigenvalue weighted by Crippen LogP contribution is -2.64. The molecule has 7 heterocycles. The highest BCUT2D eigenvalue weighted by Gasteiger charge is 2.49. The number of ether oxygens (including phenoxy) is 1. The Kier molecular flexibility index (Phi) is 9.29. The maximum Gasteiger partial charge on any atom is 0.258 e. The molecule has 4 aliphatic heterocycles. The van der Waals surface area contributed by atoms with Gasteiger partial charge in [-0.25, -0.2) is 0 Å². The molecule has 0 saturated carbocycles. The van der Waals surface area contributed by atoms with Crippen molar-refractivity contribution in [3.63, 3.8) is 0 Å². The smallest absolute Gasteiger partial charge is 0.258 e. The lowest BCUT2D eigenvalue weighted by Gasteiger charge is -2.45. The number of rotatable bonds is 5. The molecule has 0 aliphatic carbocycles. The molecule has 0 unspecified atom stereocenters. The van der Waals surface area contributed by atoms with Crippen LogP contribution in [0.1, 0.15) is 0 Å². The number of thiophene rings is 1. The first-order valence-electron chi connectivity index (χ1n) is 28.6. The Morgan fingerprint density at radius 1 is 0.277 bits per heavy atom. The predicted octanol–water partition coefficient (Wildman–Crippen LogP) is 15.6. The Morgan fingerprint density at radius 2 is 0.723 bits per heavy atom. The zero-order chi connectivity index (χ0) is 54.0. The summed E-state index contributed by atoms with van der Waals surface area (Å²) >= 11 is 1.88. The van der Waals surface area contributed by atoms with E-state index in [2.05, 4.69) is 297 Å². The summed E-state index contributed by atoms with van der Waals surface area (Å²) in [6.07, 6.45) is 0. The zero-order valence-electron chi connectivity index (χ0n) is 44.7. The molecule has 0 radical (unpaired) electrons. The summed E-state index contributed by atoms with van der Waals surface area (Å²) in [4.78, 5) is 7.56. The lowest BCUT2D eigenvalue weighted by atomic mass is 9.30. The number of hydrogen-bond donors (Lipinski definition) is 0. The van der Waals surface area contributed by atoms with E-state index in [1.54, 1.807) is 0 Å². The molecule has 384 valence electrons. The molecule has 0 amide bonds. The minimum Gasteiger partial charge on any atom is -0.458 e. The number of hydrogen-bond acceptors (Lipinski definition) is 5. The summed E-state index contributed by atoms with van der Waals surface area (Å²) < 4.78 is 13.9. The molecule has 6 nitrogen and oxygen atoms in total. The Balaban J connectivity index is 0.924. The van der Waals surface area contributed by atoms with Gasteiger partial charge in [0.1, 0.15) is 11.5 Å². The first-order valence-corrected chi connectivity index (χ1v) is 29.4. The standard InChI is InChI=1S/C74H45B2N5OS/c1-4-22-46(23-5-1)77-63-38-20-15-33-56(63)75-57-44-58-68(45-64(57)78(47-24-6-2-7-25-47)66-41-49(40-65(77)72(66)75)79-59-34-16-10-28-51(59)52-29-11-17-35-60(52)79)82-69-43-50(80-61-36-18-12-30-53(61)54-31-13-19-37-62(54)80)42-67-73(69)76(58)71-55-32-14-21-39-70(55)83-74(71)81(67)48-26-8-3-9-27-48/h1-45H. The molecule has 19 rings (SSSR count). The summed E-state index contributed by atoms with van der Waals surface area (Å²) in [6, 6.07) is 101. The van der Waals surface area contributed by atoms with Gasteiger partial charge in [-0.15, -0.1) is 11.3 Å². The van der Waals surface area contributed by atoms with Crippen LogP contribution < -0.4 is 52.2 Å². The molecule has 0 N–H and O–H groups in total. The highest BCUT2D eigenvalue weighted by atomic mass is 32.1. The van der Waals surface area contributed by atoms with Gasteiger partial charge in [-0.3, -0.25) is 0 Å². The fourth-order valence-corrected chi connectivity index (χ4v) is 16.1. The molecule has 15 aromatic rings. The van der Waals surface area contributed by atoms with E-state index in [-0.39, 0.29) is 13.4 Å². The van der Waals surface area contributed by atoms with Crippen molar-refractivity contribution in [1.29, 1.82) is 0 Å². The third-order valence-electron chi connectivity index (χ3n) is 18.1. The van der Waals surface area contributed by atoms with E-state index in [1.165, 1.54) is 86.1 Å². The Bertz CT molecular complexity index is 5140. The molecule has 0 spiro atoms. The van der Waals surface area contributed by atoms with Gasteiger partial charge >= 0.3 is 0 Å². The van der Waals surface area contributed by atoms with E-state index in [0.29, 0.717) is 0 Å². The van der Waals surface area contributed by atoms with Crippen LogP contribution in [-0.2, 0) is 0 Å². The van der Waals surface area contributed by atoms with Crippen molar-refractivity contribution in [2.75, 3.05) is 14.7 Å². The molecule has 0 bridgehead atoms. The lowest BCUT2D eigenvalue weighted by molar-refractivity contribution is 0.487. The summed E-state index contributed by atoms with van der Waals surface area (Å²) in [6.45, 7) is -0.291. The van der Waals surface area contributed by atoms with Crippen molar-refractivity contribution in [2.24, 2.45) is 0 Å². The number of fused-ring (bicyclic) bond motifs is 16. The van der Waals surface area contributed by atoms with E-state index in [4.69, 9.17) is 4.74 Å². The normalized spacial score (nSPS) is 13.5. The van der Waals surface area contributed by atoms with Crippen molar-refractivity contribution >= 4 is 162 Å². The third kappa shape index (κ3) is 6.23. The molecule has 9 heteroatoms. The van der Waals surface area contributed by atoms with Crippen molar-refractivity contribution in [3.8, 4) is 22.9 Å². The number of para-hydroxylation sites is 8. The van der Waals surface area contributed by atoms with Crippen LogP contribution in [0.4, 0.5) is 50.5 Å². The average molecular weight is 1070 g/mol. The molecule has 0 fully saturated rings. The number of aromatic nitrogens is 2. The molecule has 83 heavy (non-hydrogen) atoms. The van der Waals surface area contributed by atoms with Gasteiger partial charge < -0.3 is 28.6 Å². The first-order chi connectivity index (χ1) is 41.2. The quantitative estimate of drug-likeness (QED) is 0.161. The Morgan fingerprint density at radius 3 is 1.29 bits per heavy atom. The van der Waals surface area contributed by atoms with Crippen LogP contribution in [-0.4, -0.2) is 22.6 Å². The minimum absolute atomic E-state index is 0.134. The van der Waals surface area contributed by atoms with Gasteiger partial charge in [0.15, 0.2) is 0 Å². The van der Waals surface area contributed by atoms with Gasteiger partial charge in [-0.1, -0.05) is 170 Å². The molecular formula is C74H45B2N5OS. The molecule has 12 aromatic carbocycles. The van der Waals surface area contributed by atoms with E-state index >= 15 is 0 Å². The number of nitrogens with zero attached hydrogens (tertiary/aromatic N) is 5. The zero-order valence-corrected chi connectivity index (χ0v) is 45.5. The van der Waals surface area contributed by atoms with E-state index in [0.717, 1.165) is 73.7 Å². The highest BCUT2D eigenvalue weighted by molar-refractivity contribution is 7.26. The fraction of sp³-hybridized carbons (Fsp3) is 0. The Labute approximate surface area is 483 Å². The third-order valence-corrected chi connectivity index (χ3v) is 19.3. The van der Waals surface area contributed by atoms with E-state index < -0.39 is 0 Å². The van der Waals surface area contributed by atoms with Crippen LogP contribution in [0, 0.1) is 0 Å². The maximum atomic E-state index is 7.77. The van der Waals surface area contributed by atoms with Crippen molar-refractivity contribution in [1.82, 2.24) is 9.13 Å². The minimum atomic E-state index is -0.157. The van der Waals surface area contributed by atoms with Gasteiger partial charge in [0.05, 0.1) is 38.4 Å². The maximum absolute atomic E-state index is 7.77. The monoisotopic (exact) mass is 1070 g/mol. The summed E-state index contributed by atoms with van der Waals surface area (Å²) in [7, 11) is 0. The second kappa shape index (κ2) is 17.0. The van der Waals surface area contributed by atoms with Crippen LogP contribution >= 0.6 is 11.3 Å². The second-order valence-electron chi connectivity index (χ2n) is 22.3. The summed E-state index contributed by atoms with van der Waals surface area (Å²) in [5, 5.41) is 7.39. The molecule has 0 atom stereocenters. The van der Waals surface area contributed by atoms with Gasteiger partial charge in [-0.05, 0) is 129 Å². The van der Waals surface area contributed by atoms with Gasteiger partial charge in [0.25, 0.3) is 13.4 Å². The van der Waals surface area contributed by atoms with Crippen LogP contribution in [0.5, 0.6) is 11.5 Å². The summed E-state index contributed by atoms with van der Waals surface area (Å²) in [5.74, 6) is 1.72. The van der Waals surface area contributed by atoms with Crippen molar-refractivity contribution < 1.29 is 4.74 Å². The van der Waals surface area contributed by atoms with E-state index in [1.807, 2.05) is 11.3 Å². The predicted molar refractivity (Wildman–Crippen MR) is 350 cm³/mol. The van der Waals surface area contributed by atoms with Crippen molar-refractivity contribution in [3.05, 3.63) is 273 Å². The van der Waals surface area contributed by atoms with Crippen LogP contribution in [0.3, 0.4) is 0 Å². The van der Waals surface area contributed by atoms with Crippen LogP contribution in [0.15, 0.2) is 273 Å². The second-order valence-corrected chi connectivity index (χ2v) is 23.4. The van der Waals surface area contributed by atoms with Crippen molar-refractivity contribution in [2.45, 2.75) is 0 Å². The van der Waals surface area contributed by atoms with Crippen LogP contribution in [0.2, 0.25) is 0 Å². The molecular weight excluding hydrogens is 1030 g/mol. The van der Waals surface area contributed by atoms with Gasteiger partial charge in [0.2, 0.25) is 0 Å². The molecule has 0 saturated heterocycles. The molecule has 3 aromatic heterocycles. The van der Waals surface area contributed by atoms with Crippen LogP contribution in [0.25, 0.3) is 65.1 Å². The molecule has 4 aliphatic rings. The number of benzene rings is 12. The largest absolute Gasteiger partial charge is 0.458 e. The van der Waals surface area contributed by atoms with Gasteiger partial charge in [-0.2, -0.15) is 0 Å². The SMILES string of the molecule is c1ccc(N2c3ccccc3B3c4cc5c(cc4N(c4ccccc4)c4cc(-n6c7ccccc7c7ccccc76)cc2c43)Oc2cc(-n3c4ccccc4c4ccccc43)cc3c2B5c2c(sc4ccccc24)N3c2ccccc2)cc1. The number of anilines is 9.